The Kier molecular flexibility index (Phi) is 3.15. The first-order chi connectivity index (χ1) is 8.50. The number of aromatic amines is 1. The lowest BCUT2D eigenvalue weighted by atomic mass is 10.2. The lowest BCUT2D eigenvalue weighted by molar-refractivity contribution is -0.141. The molecule has 96 valence electrons. The number of aromatic nitrogens is 1. The van der Waals surface area contributed by atoms with E-state index >= 15 is 0 Å². The number of carbonyl (C=O) groups is 2. The van der Waals surface area contributed by atoms with Gasteiger partial charge in [0.1, 0.15) is 11.6 Å². The van der Waals surface area contributed by atoms with Crippen LogP contribution in [-0.2, 0) is 4.79 Å². The molecule has 1 aliphatic rings. The van der Waals surface area contributed by atoms with Gasteiger partial charge in [0, 0.05) is 31.4 Å². The van der Waals surface area contributed by atoms with E-state index in [-0.39, 0.29) is 18.5 Å². The number of nitrogens with zero attached hydrogens (tertiary/aromatic N) is 1. The van der Waals surface area contributed by atoms with Gasteiger partial charge < -0.3 is 20.1 Å². The van der Waals surface area contributed by atoms with E-state index in [1.54, 1.807) is 0 Å². The fourth-order valence-electron chi connectivity index (χ4n) is 2.01. The maximum Gasteiger partial charge on any atom is 0.326 e. The Balaban J connectivity index is 2.31. The van der Waals surface area contributed by atoms with Crippen LogP contribution >= 0.6 is 0 Å². The minimum Gasteiger partial charge on any atom is -0.480 e. The highest BCUT2D eigenvalue weighted by atomic mass is 16.4. The Labute approximate surface area is 102 Å². The van der Waals surface area contributed by atoms with Crippen LogP contribution < -0.4 is 5.43 Å². The van der Waals surface area contributed by atoms with Crippen molar-refractivity contribution in [1.29, 1.82) is 0 Å². The molecule has 7 nitrogen and oxygen atoms in total. The quantitative estimate of drug-likeness (QED) is 0.627. The zero-order valence-electron chi connectivity index (χ0n) is 9.37. The fraction of sp³-hybridized carbons (Fsp3) is 0.364. The third kappa shape index (κ3) is 2.12. The molecule has 2 heterocycles. The van der Waals surface area contributed by atoms with Gasteiger partial charge in [-0.2, -0.15) is 0 Å². The lowest BCUT2D eigenvalue weighted by Gasteiger charge is -2.20. The summed E-state index contributed by atoms with van der Waals surface area (Å²) in [4.78, 5) is 38.2. The number of carboxylic acids is 1. The van der Waals surface area contributed by atoms with E-state index in [1.807, 2.05) is 0 Å². The van der Waals surface area contributed by atoms with Crippen molar-refractivity contribution in [1.82, 2.24) is 9.88 Å². The number of hydrogen-bond donors (Lipinski definition) is 3. The zero-order valence-corrected chi connectivity index (χ0v) is 9.37. The van der Waals surface area contributed by atoms with Crippen LogP contribution in [0.2, 0.25) is 0 Å². The van der Waals surface area contributed by atoms with Crippen LogP contribution in [0.4, 0.5) is 0 Å². The smallest absolute Gasteiger partial charge is 0.326 e. The second-order valence-corrected chi connectivity index (χ2v) is 4.12. The molecule has 2 rings (SSSR count). The van der Waals surface area contributed by atoms with Crippen molar-refractivity contribution < 1.29 is 19.8 Å². The third-order valence-corrected chi connectivity index (χ3v) is 2.88. The number of β-amino-alcohol motifs (C(OH)–C–C–N with tert-alkyl or cyclic N) is 1. The number of rotatable bonds is 2. The number of aliphatic carboxylic acids is 1. The first kappa shape index (κ1) is 12.3. The molecule has 0 aromatic carbocycles. The van der Waals surface area contributed by atoms with Crippen LogP contribution in [0.15, 0.2) is 23.3 Å². The molecule has 7 heteroatoms. The maximum atomic E-state index is 12.1. The number of likely N-dealkylation sites (tertiary alicyclic amines) is 1. The van der Waals surface area contributed by atoms with Gasteiger partial charge in [-0.15, -0.1) is 0 Å². The average molecular weight is 252 g/mol. The van der Waals surface area contributed by atoms with E-state index in [2.05, 4.69) is 4.98 Å². The van der Waals surface area contributed by atoms with E-state index < -0.39 is 29.5 Å². The molecule has 0 aliphatic carbocycles. The van der Waals surface area contributed by atoms with Crippen molar-refractivity contribution >= 4 is 11.9 Å². The number of amides is 1. The molecule has 18 heavy (non-hydrogen) atoms. The van der Waals surface area contributed by atoms with Gasteiger partial charge in [0.15, 0.2) is 5.43 Å². The molecule has 3 N–H and O–H groups in total. The van der Waals surface area contributed by atoms with Crippen molar-refractivity contribution in [3.05, 3.63) is 34.2 Å². The summed E-state index contributed by atoms with van der Waals surface area (Å²) < 4.78 is 0. The Bertz CT molecular complexity index is 538. The molecule has 1 aliphatic heterocycles. The van der Waals surface area contributed by atoms with Crippen molar-refractivity contribution in [3.63, 3.8) is 0 Å². The number of aliphatic hydroxyl groups excluding tert-OH is 1. The van der Waals surface area contributed by atoms with Gasteiger partial charge >= 0.3 is 5.97 Å². The summed E-state index contributed by atoms with van der Waals surface area (Å²) in [7, 11) is 0. The Morgan fingerprint density at radius 2 is 2.17 bits per heavy atom. The molecule has 1 saturated heterocycles. The van der Waals surface area contributed by atoms with E-state index in [0.29, 0.717) is 0 Å². The summed E-state index contributed by atoms with van der Waals surface area (Å²) in [6, 6.07) is 0.0993. The summed E-state index contributed by atoms with van der Waals surface area (Å²) in [5.74, 6) is -1.87. The number of hydrogen-bond acceptors (Lipinski definition) is 4. The second kappa shape index (κ2) is 4.61. The Morgan fingerprint density at radius 1 is 1.44 bits per heavy atom. The largest absolute Gasteiger partial charge is 0.480 e. The Hall–Kier alpha value is -2.15. The molecule has 1 aromatic rings. The topological polar surface area (TPSA) is 111 Å². The van der Waals surface area contributed by atoms with E-state index in [9.17, 15) is 19.5 Å². The van der Waals surface area contributed by atoms with Gasteiger partial charge in [0.25, 0.3) is 5.91 Å². The predicted molar refractivity (Wildman–Crippen MR) is 60.1 cm³/mol. The standard InChI is InChI=1S/C11H12N2O5/c14-6-3-8(11(17)18)13(5-6)10(16)7-4-12-2-1-9(7)15/h1-2,4,6,8,14H,3,5H2,(H,12,15)(H,17,18)/t6?,8-/m0/s1. The van der Waals surface area contributed by atoms with Crippen LogP contribution in [0.5, 0.6) is 0 Å². The van der Waals surface area contributed by atoms with Gasteiger partial charge in [0.05, 0.1) is 6.10 Å². The van der Waals surface area contributed by atoms with Gasteiger partial charge in [-0.25, -0.2) is 4.79 Å². The summed E-state index contributed by atoms with van der Waals surface area (Å²) in [6.45, 7) is -0.0792. The van der Waals surface area contributed by atoms with Crippen molar-refractivity contribution in [3.8, 4) is 0 Å². The van der Waals surface area contributed by atoms with Crippen LogP contribution in [0.3, 0.4) is 0 Å². The number of nitrogens with one attached hydrogen (secondary N) is 1. The van der Waals surface area contributed by atoms with Crippen LogP contribution in [0.25, 0.3) is 0 Å². The number of aliphatic hydroxyl groups is 1. The van der Waals surface area contributed by atoms with Crippen molar-refractivity contribution in [2.45, 2.75) is 18.6 Å². The molecule has 1 aromatic heterocycles. The summed E-state index contributed by atoms with van der Waals surface area (Å²) in [5, 5.41) is 18.4. The molecule has 1 unspecified atom stereocenters. The molecule has 0 spiro atoms. The summed E-state index contributed by atoms with van der Waals surface area (Å²) in [6.07, 6.45) is 1.71. The van der Waals surface area contributed by atoms with E-state index in [4.69, 9.17) is 5.11 Å². The highest BCUT2D eigenvalue weighted by molar-refractivity contribution is 5.96. The maximum absolute atomic E-state index is 12.1. The Morgan fingerprint density at radius 3 is 2.78 bits per heavy atom. The fourth-order valence-corrected chi connectivity index (χ4v) is 2.01. The van der Waals surface area contributed by atoms with E-state index in [0.717, 1.165) is 4.90 Å². The van der Waals surface area contributed by atoms with Gasteiger partial charge in [-0.05, 0) is 0 Å². The number of carbonyl (C=O) groups excluding carboxylic acids is 1. The average Bonchev–Trinajstić information content (AvgIpc) is 2.71. The minimum atomic E-state index is -1.19. The summed E-state index contributed by atoms with van der Waals surface area (Å²) in [5.41, 5.74) is -0.609. The SMILES string of the molecule is O=C(O)[C@@H]1CC(O)CN1C(=O)c1c[nH]ccc1=O. The molecular weight excluding hydrogens is 240 g/mol. The molecular formula is C11H12N2O5. The van der Waals surface area contributed by atoms with Crippen molar-refractivity contribution in [2.24, 2.45) is 0 Å². The predicted octanol–water partition coefficient (Wildman–Crippen LogP) is -0.965. The monoisotopic (exact) mass is 252 g/mol. The highest BCUT2D eigenvalue weighted by Crippen LogP contribution is 2.19. The molecule has 0 bridgehead atoms. The number of carboxylic acid groups (broad SMARTS) is 1. The van der Waals surface area contributed by atoms with E-state index in [1.165, 1.54) is 18.5 Å². The first-order valence-electron chi connectivity index (χ1n) is 5.39. The molecule has 0 radical (unpaired) electrons. The van der Waals surface area contributed by atoms with Gasteiger partial charge in [0.2, 0.25) is 0 Å². The number of pyridine rings is 1. The molecule has 1 amide bonds. The van der Waals surface area contributed by atoms with Gasteiger partial charge in [-0.3, -0.25) is 9.59 Å². The lowest BCUT2D eigenvalue weighted by Crippen LogP contribution is -2.42. The van der Waals surface area contributed by atoms with Crippen LogP contribution in [0.1, 0.15) is 16.8 Å². The van der Waals surface area contributed by atoms with Crippen LogP contribution in [-0.4, -0.2) is 50.7 Å². The first-order valence-corrected chi connectivity index (χ1v) is 5.39. The van der Waals surface area contributed by atoms with Crippen LogP contribution in [0, 0.1) is 0 Å². The normalized spacial score (nSPS) is 23.1. The summed E-state index contributed by atoms with van der Waals surface area (Å²) >= 11 is 0. The van der Waals surface area contributed by atoms with Crippen molar-refractivity contribution in [2.75, 3.05) is 6.54 Å². The second-order valence-electron chi connectivity index (χ2n) is 4.12. The molecule has 1 fully saturated rings. The van der Waals surface area contributed by atoms with Gasteiger partial charge in [-0.1, -0.05) is 0 Å². The third-order valence-electron chi connectivity index (χ3n) is 2.88. The molecule has 2 atom stereocenters. The molecule has 0 saturated carbocycles. The number of H-pyrrole nitrogens is 1. The zero-order chi connectivity index (χ0) is 13.3. The highest BCUT2D eigenvalue weighted by Gasteiger charge is 2.39. The minimum absolute atomic E-state index is 0.0220.